The molecule has 3 aromatic carbocycles. The summed E-state index contributed by atoms with van der Waals surface area (Å²) in [5, 5.41) is 0. The maximum absolute atomic E-state index is 15.0. The van der Waals surface area contributed by atoms with Gasteiger partial charge in [-0.05, 0) is 66.5 Å². The van der Waals surface area contributed by atoms with Gasteiger partial charge in [0.25, 0.3) is 0 Å². The molecule has 204 valence electrons. The fourth-order valence-corrected chi connectivity index (χ4v) is 5.25. The zero-order valence-electron chi connectivity index (χ0n) is 22.6. The van der Waals surface area contributed by atoms with Crippen LogP contribution in [0.1, 0.15) is 83.3 Å². The highest BCUT2D eigenvalue weighted by Gasteiger charge is 2.25. The van der Waals surface area contributed by atoms with Crippen molar-refractivity contribution in [2.45, 2.75) is 77.7 Å². The molecule has 1 saturated heterocycles. The van der Waals surface area contributed by atoms with Crippen LogP contribution in [0.5, 0.6) is 5.75 Å². The second-order valence-corrected chi connectivity index (χ2v) is 10.4. The molecule has 0 N–H and O–H groups in total. The van der Waals surface area contributed by atoms with Crippen LogP contribution in [0.2, 0.25) is 0 Å². The van der Waals surface area contributed by atoms with Gasteiger partial charge in [-0.3, -0.25) is 0 Å². The third-order valence-corrected chi connectivity index (χ3v) is 7.50. The van der Waals surface area contributed by atoms with E-state index in [-0.39, 0.29) is 23.2 Å². The summed E-state index contributed by atoms with van der Waals surface area (Å²) in [6.07, 6.45) is 9.26. The predicted molar refractivity (Wildman–Crippen MR) is 148 cm³/mol. The summed E-state index contributed by atoms with van der Waals surface area (Å²) in [6.45, 7) is 5.38. The number of hydrogen-bond acceptors (Lipinski definition) is 2. The Labute approximate surface area is 225 Å². The van der Waals surface area contributed by atoms with E-state index in [9.17, 15) is 8.78 Å². The summed E-state index contributed by atoms with van der Waals surface area (Å²) >= 11 is 0. The van der Waals surface area contributed by atoms with Gasteiger partial charge >= 0.3 is 0 Å². The molecule has 0 aromatic heterocycles. The van der Waals surface area contributed by atoms with Crippen LogP contribution in [0.3, 0.4) is 0 Å². The molecule has 0 aliphatic carbocycles. The molecular weight excluding hydrogens is 485 g/mol. The van der Waals surface area contributed by atoms with Gasteiger partial charge < -0.3 is 9.47 Å². The minimum Gasteiger partial charge on any atom is -0.490 e. The lowest BCUT2D eigenvalue weighted by atomic mass is 9.91. The smallest absolute Gasteiger partial charge is 0.201 e. The molecule has 38 heavy (non-hydrogen) atoms. The van der Waals surface area contributed by atoms with Gasteiger partial charge in [0, 0.05) is 11.1 Å². The molecule has 3 aromatic rings. The minimum absolute atomic E-state index is 0.0586. The lowest BCUT2D eigenvalue weighted by molar-refractivity contribution is -0.0211. The van der Waals surface area contributed by atoms with Crippen molar-refractivity contribution >= 4 is 0 Å². The van der Waals surface area contributed by atoms with Crippen molar-refractivity contribution in [3.8, 4) is 28.0 Å². The molecule has 0 saturated carbocycles. The van der Waals surface area contributed by atoms with E-state index in [1.54, 1.807) is 36.4 Å². The van der Waals surface area contributed by atoms with Gasteiger partial charge in [0.1, 0.15) is 5.82 Å². The van der Waals surface area contributed by atoms with Gasteiger partial charge in [-0.15, -0.1) is 0 Å². The Morgan fingerprint density at radius 2 is 1.50 bits per heavy atom. The van der Waals surface area contributed by atoms with E-state index in [2.05, 4.69) is 13.8 Å². The van der Waals surface area contributed by atoms with Crippen LogP contribution in [-0.2, 0) is 4.74 Å². The van der Waals surface area contributed by atoms with Crippen molar-refractivity contribution in [1.29, 1.82) is 0 Å². The van der Waals surface area contributed by atoms with E-state index in [1.807, 2.05) is 6.07 Å². The van der Waals surface area contributed by atoms with Gasteiger partial charge in [-0.2, -0.15) is 4.39 Å². The van der Waals surface area contributed by atoms with Crippen molar-refractivity contribution in [3.63, 3.8) is 0 Å². The first-order valence-corrected chi connectivity index (χ1v) is 14.1. The van der Waals surface area contributed by atoms with Crippen LogP contribution < -0.4 is 4.74 Å². The SMILES string of the molecule is CCCCCCCOc1ccc(-c2ccc(-c3ccc(C4CCC(CCC)CO4)c(F)c3)cc2)c(F)c1F. The largest absolute Gasteiger partial charge is 0.490 e. The summed E-state index contributed by atoms with van der Waals surface area (Å²) in [5.74, 6) is -1.66. The van der Waals surface area contributed by atoms with Crippen LogP contribution in [0, 0.1) is 23.4 Å². The molecule has 1 aliphatic heterocycles. The maximum atomic E-state index is 15.0. The first kappa shape index (κ1) is 28.2. The minimum atomic E-state index is -0.969. The average Bonchev–Trinajstić information content (AvgIpc) is 2.94. The fourth-order valence-electron chi connectivity index (χ4n) is 5.25. The molecule has 0 spiro atoms. The van der Waals surface area contributed by atoms with Crippen molar-refractivity contribution in [3.05, 3.63) is 77.6 Å². The quantitative estimate of drug-likeness (QED) is 0.219. The second-order valence-electron chi connectivity index (χ2n) is 10.4. The van der Waals surface area contributed by atoms with E-state index in [0.29, 0.717) is 30.3 Å². The molecule has 1 fully saturated rings. The van der Waals surface area contributed by atoms with Crippen LogP contribution in [0.4, 0.5) is 13.2 Å². The van der Waals surface area contributed by atoms with E-state index in [4.69, 9.17) is 9.47 Å². The topological polar surface area (TPSA) is 18.5 Å². The fraction of sp³-hybridized carbons (Fsp3) is 0.455. The van der Waals surface area contributed by atoms with E-state index in [1.165, 1.54) is 18.6 Å². The Morgan fingerprint density at radius 3 is 2.18 bits per heavy atom. The number of ether oxygens (including phenoxy) is 2. The third kappa shape index (κ3) is 6.99. The summed E-state index contributed by atoms with van der Waals surface area (Å²) in [7, 11) is 0. The Morgan fingerprint density at radius 1 is 0.763 bits per heavy atom. The van der Waals surface area contributed by atoms with Crippen molar-refractivity contribution in [2.75, 3.05) is 13.2 Å². The Balaban J connectivity index is 1.40. The standard InChI is InChI=1S/C33H39F3O2/c1-3-5-6-7-8-20-37-31-19-17-27(32(35)33(31)36)25-13-11-24(12-14-25)26-15-16-28(29(34)21-26)30-18-10-23(9-4-2)22-38-30/h11-17,19,21,23,30H,3-10,18,20,22H2,1-2H3. The van der Waals surface area contributed by atoms with Crippen molar-refractivity contribution in [1.82, 2.24) is 0 Å². The van der Waals surface area contributed by atoms with Gasteiger partial charge in [0.15, 0.2) is 11.6 Å². The highest BCUT2D eigenvalue weighted by atomic mass is 19.2. The molecule has 2 atom stereocenters. The van der Waals surface area contributed by atoms with E-state index >= 15 is 4.39 Å². The monoisotopic (exact) mass is 524 g/mol. The first-order chi connectivity index (χ1) is 18.5. The van der Waals surface area contributed by atoms with Crippen LogP contribution in [0.15, 0.2) is 54.6 Å². The maximum Gasteiger partial charge on any atom is 0.201 e. The molecule has 4 rings (SSSR count). The first-order valence-electron chi connectivity index (χ1n) is 14.1. The molecule has 2 nitrogen and oxygen atoms in total. The molecule has 2 unspecified atom stereocenters. The van der Waals surface area contributed by atoms with Gasteiger partial charge in [-0.25, -0.2) is 8.78 Å². The van der Waals surface area contributed by atoms with Gasteiger partial charge in [-0.1, -0.05) is 82.3 Å². The highest BCUT2D eigenvalue weighted by Crippen LogP contribution is 2.36. The molecule has 1 heterocycles. The van der Waals surface area contributed by atoms with Crippen LogP contribution in [0.25, 0.3) is 22.3 Å². The van der Waals surface area contributed by atoms with Crippen molar-refractivity contribution in [2.24, 2.45) is 5.92 Å². The summed E-state index contributed by atoms with van der Waals surface area (Å²) in [4.78, 5) is 0. The van der Waals surface area contributed by atoms with Crippen LogP contribution >= 0.6 is 0 Å². The van der Waals surface area contributed by atoms with Gasteiger partial charge in [0.2, 0.25) is 5.82 Å². The molecule has 1 aliphatic rings. The number of benzene rings is 3. The van der Waals surface area contributed by atoms with Crippen molar-refractivity contribution < 1.29 is 22.6 Å². The van der Waals surface area contributed by atoms with E-state index in [0.717, 1.165) is 62.5 Å². The summed E-state index contributed by atoms with van der Waals surface area (Å²) in [6, 6.07) is 15.3. The highest BCUT2D eigenvalue weighted by molar-refractivity contribution is 5.71. The lowest BCUT2D eigenvalue weighted by Crippen LogP contribution is -2.21. The van der Waals surface area contributed by atoms with E-state index < -0.39 is 11.6 Å². The Bertz CT molecular complexity index is 1170. The molecule has 0 amide bonds. The Hall–Kier alpha value is -2.79. The summed E-state index contributed by atoms with van der Waals surface area (Å²) in [5.41, 5.74) is 2.84. The molecule has 0 radical (unpaired) electrons. The molecule has 5 heteroatoms. The number of halogens is 3. The predicted octanol–water partition coefficient (Wildman–Crippen LogP) is 10.1. The number of hydrogen-bond donors (Lipinski definition) is 0. The average molecular weight is 525 g/mol. The summed E-state index contributed by atoms with van der Waals surface area (Å²) < 4.78 is 56.0. The zero-order chi connectivity index (χ0) is 26.9. The number of unbranched alkanes of at least 4 members (excludes halogenated alkanes) is 4. The normalized spacial score (nSPS) is 17.5. The van der Waals surface area contributed by atoms with Crippen LogP contribution in [-0.4, -0.2) is 13.2 Å². The lowest BCUT2D eigenvalue weighted by Gasteiger charge is -2.29. The third-order valence-electron chi connectivity index (χ3n) is 7.50. The second kappa shape index (κ2) is 13.8. The molecule has 0 bridgehead atoms. The number of rotatable bonds is 12. The Kier molecular flexibility index (Phi) is 10.3. The zero-order valence-corrected chi connectivity index (χ0v) is 22.6. The van der Waals surface area contributed by atoms with Gasteiger partial charge in [0.05, 0.1) is 19.3 Å². The molecular formula is C33H39F3O2.